The third kappa shape index (κ3) is 2.87. The summed E-state index contributed by atoms with van der Waals surface area (Å²) in [5.41, 5.74) is 1.18. The van der Waals surface area contributed by atoms with E-state index in [0.717, 1.165) is 0 Å². The van der Waals surface area contributed by atoms with Crippen LogP contribution in [0.2, 0.25) is 5.02 Å². The molecule has 0 aliphatic carbocycles. The minimum Gasteiger partial charge on any atom is -0.377 e. The van der Waals surface area contributed by atoms with Crippen molar-refractivity contribution < 1.29 is 4.39 Å². The lowest BCUT2D eigenvalue weighted by Gasteiger charge is -2.08. The van der Waals surface area contributed by atoms with E-state index in [2.05, 4.69) is 10.3 Å². The van der Waals surface area contributed by atoms with Gasteiger partial charge in [0.05, 0.1) is 17.9 Å². The van der Waals surface area contributed by atoms with Crippen LogP contribution in [-0.2, 0) is 6.54 Å². The Balaban J connectivity index is 1.88. The first kappa shape index (κ1) is 13.6. The van der Waals surface area contributed by atoms with Crippen molar-refractivity contribution in [2.24, 2.45) is 0 Å². The van der Waals surface area contributed by atoms with Crippen LogP contribution in [0.25, 0.3) is 5.65 Å². The molecule has 0 radical (unpaired) electrons. The topological polar surface area (TPSA) is 46.4 Å². The summed E-state index contributed by atoms with van der Waals surface area (Å²) in [6, 6.07) is 11.0. The molecule has 0 fully saturated rings. The SMILES string of the molecule is O=c1cc(CNc2cc(Cl)ccc2F)nc2ccccn12. The second-order valence-corrected chi connectivity index (χ2v) is 4.93. The maximum Gasteiger partial charge on any atom is 0.258 e. The zero-order valence-corrected chi connectivity index (χ0v) is 11.6. The number of fused-ring (bicyclic) bond motifs is 1. The summed E-state index contributed by atoms with van der Waals surface area (Å²) in [6.07, 6.45) is 1.65. The monoisotopic (exact) mass is 303 g/mol. The van der Waals surface area contributed by atoms with E-state index in [-0.39, 0.29) is 17.8 Å². The normalized spacial score (nSPS) is 10.8. The summed E-state index contributed by atoms with van der Waals surface area (Å²) < 4.78 is 15.0. The van der Waals surface area contributed by atoms with E-state index in [1.165, 1.54) is 28.7 Å². The molecule has 4 nitrogen and oxygen atoms in total. The highest BCUT2D eigenvalue weighted by molar-refractivity contribution is 6.30. The number of nitrogens with one attached hydrogen (secondary N) is 1. The second-order valence-electron chi connectivity index (χ2n) is 4.49. The fraction of sp³-hybridized carbons (Fsp3) is 0.0667. The Bertz CT molecular complexity index is 863. The van der Waals surface area contributed by atoms with Crippen molar-refractivity contribution in [1.82, 2.24) is 9.38 Å². The van der Waals surface area contributed by atoms with Gasteiger partial charge in [-0.2, -0.15) is 0 Å². The number of aromatic nitrogens is 2. The van der Waals surface area contributed by atoms with E-state index >= 15 is 0 Å². The van der Waals surface area contributed by atoms with E-state index in [1.807, 2.05) is 0 Å². The first-order chi connectivity index (χ1) is 10.1. The first-order valence-electron chi connectivity index (χ1n) is 6.30. The number of halogens is 2. The first-order valence-corrected chi connectivity index (χ1v) is 6.67. The van der Waals surface area contributed by atoms with Crippen molar-refractivity contribution in [1.29, 1.82) is 0 Å². The fourth-order valence-corrected chi connectivity index (χ4v) is 2.18. The summed E-state index contributed by atoms with van der Waals surface area (Å²) in [5, 5.41) is 3.33. The zero-order chi connectivity index (χ0) is 14.8. The molecule has 0 saturated heterocycles. The Morgan fingerprint density at radius 2 is 2.10 bits per heavy atom. The molecule has 2 heterocycles. The smallest absolute Gasteiger partial charge is 0.258 e. The van der Waals surface area contributed by atoms with Gasteiger partial charge in [0.1, 0.15) is 11.5 Å². The molecular formula is C15H11ClFN3O. The molecule has 0 unspecified atom stereocenters. The minimum atomic E-state index is -0.406. The van der Waals surface area contributed by atoms with Crippen molar-refractivity contribution in [2.75, 3.05) is 5.32 Å². The summed E-state index contributed by atoms with van der Waals surface area (Å²) in [5.74, 6) is -0.406. The number of rotatable bonds is 3. The third-order valence-corrected chi connectivity index (χ3v) is 3.25. The van der Waals surface area contributed by atoms with E-state index < -0.39 is 5.82 Å². The molecule has 0 bridgehead atoms. The largest absolute Gasteiger partial charge is 0.377 e. The van der Waals surface area contributed by atoms with Gasteiger partial charge in [0.15, 0.2) is 0 Å². The molecule has 3 aromatic rings. The second kappa shape index (κ2) is 5.54. The molecule has 3 rings (SSSR count). The predicted molar refractivity (Wildman–Crippen MR) is 80.2 cm³/mol. The number of pyridine rings is 1. The van der Waals surface area contributed by atoms with E-state index in [9.17, 15) is 9.18 Å². The summed E-state index contributed by atoms with van der Waals surface area (Å²) in [7, 11) is 0. The lowest BCUT2D eigenvalue weighted by molar-refractivity contribution is 0.630. The van der Waals surface area contributed by atoms with Crippen molar-refractivity contribution in [3.63, 3.8) is 0 Å². The van der Waals surface area contributed by atoms with Crippen LogP contribution in [0.3, 0.4) is 0 Å². The fourth-order valence-electron chi connectivity index (χ4n) is 2.01. The molecule has 0 saturated carbocycles. The molecule has 0 aliphatic heterocycles. The van der Waals surface area contributed by atoms with Gasteiger partial charge in [-0.05, 0) is 30.3 Å². The van der Waals surface area contributed by atoms with E-state index in [0.29, 0.717) is 16.4 Å². The molecule has 0 atom stereocenters. The Morgan fingerprint density at radius 1 is 1.24 bits per heavy atom. The Morgan fingerprint density at radius 3 is 2.95 bits per heavy atom. The lowest BCUT2D eigenvalue weighted by atomic mass is 10.3. The number of hydrogen-bond donors (Lipinski definition) is 1. The van der Waals surface area contributed by atoms with E-state index in [1.54, 1.807) is 24.4 Å². The van der Waals surface area contributed by atoms with Gasteiger partial charge in [-0.25, -0.2) is 9.37 Å². The highest BCUT2D eigenvalue weighted by atomic mass is 35.5. The number of anilines is 1. The molecule has 21 heavy (non-hydrogen) atoms. The lowest BCUT2D eigenvalue weighted by Crippen LogP contribution is -2.16. The van der Waals surface area contributed by atoms with Crippen LogP contribution < -0.4 is 10.9 Å². The standard InChI is InChI=1S/C15H11ClFN3O/c16-10-4-5-12(17)13(7-10)18-9-11-8-15(21)20-6-2-1-3-14(20)19-11/h1-8,18H,9H2. The molecule has 106 valence electrons. The van der Waals surface area contributed by atoms with Gasteiger partial charge in [-0.3, -0.25) is 9.20 Å². The summed E-state index contributed by atoms with van der Waals surface area (Å²) >= 11 is 5.83. The molecule has 1 N–H and O–H groups in total. The highest BCUT2D eigenvalue weighted by Gasteiger charge is 2.05. The highest BCUT2D eigenvalue weighted by Crippen LogP contribution is 2.19. The predicted octanol–water partition coefficient (Wildman–Crippen LogP) is 3.10. The molecule has 0 amide bonds. The van der Waals surface area contributed by atoms with Crippen LogP contribution in [0.1, 0.15) is 5.69 Å². The zero-order valence-electron chi connectivity index (χ0n) is 10.9. The molecule has 0 spiro atoms. The van der Waals surface area contributed by atoms with Crippen molar-refractivity contribution in [3.8, 4) is 0 Å². The molecule has 6 heteroatoms. The van der Waals surface area contributed by atoms with Crippen molar-refractivity contribution in [2.45, 2.75) is 6.54 Å². The van der Waals surface area contributed by atoms with Gasteiger partial charge < -0.3 is 5.32 Å². The third-order valence-electron chi connectivity index (χ3n) is 3.01. The van der Waals surface area contributed by atoms with Gasteiger partial charge >= 0.3 is 0 Å². The van der Waals surface area contributed by atoms with Crippen LogP contribution in [0.15, 0.2) is 53.5 Å². The van der Waals surface area contributed by atoms with Gasteiger partial charge in [0, 0.05) is 17.3 Å². The average Bonchev–Trinajstić information content (AvgIpc) is 2.48. The minimum absolute atomic E-state index is 0.177. The summed E-state index contributed by atoms with van der Waals surface area (Å²) in [4.78, 5) is 16.3. The van der Waals surface area contributed by atoms with Crippen LogP contribution in [0.5, 0.6) is 0 Å². The Kier molecular flexibility index (Phi) is 3.58. The maximum atomic E-state index is 13.6. The van der Waals surface area contributed by atoms with Gasteiger partial charge in [0.2, 0.25) is 0 Å². The molecule has 0 aliphatic rings. The van der Waals surface area contributed by atoms with Crippen LogP contribution in [-0.4, -0.2) is 9.38 Å². The number of benzene rings is 1. The Hall–Kier alpha value is -2.40. The van der Waals surface area contributed by atoms with Crippen LogP contribution in [0.4, 0.5) is 10.1 Å². The number of hydrogen-bond acceptors (Lipinski definition) is 3. The van der Waals surface area contributed by atoms with Gasteiger partial charge in [0.25, 0.3) is 5.56 Å². The van der Waals surface area contributed by atoms with Gasteiger partial charge in [-0.15, -0.1) is 0 Å². The quantitative estimate of drug-likeness (QED) is 0.809. The van der Waals surface area contributed by atoms with Crippen LogP contribution >= 0.6 is 11.6 Å². The summed E-state index contributed by atoms with van der Waals surface area (Å²) in [6.45, 7) is 0.234. The van der Waals surface area contributed by atoms with E-state index in [4.69, 9.17) is 11.6 Å². The van der Waals surface area contributed by atoms with Crippen LogP contribution in [0, 0.1) is 5.82 Å². The van der Waals surface area contributed by atoms with Crippen molar-refractivity contribution >= 4 is 22.9 Å². The Labute approximate surface area is 124 Å². The molecule has 2 aromatic heterocycles. The maximum absolute atomic E-state index is 13.6. The van der Waals surface area contributed by atoms with Gasteiger partial charge in [-0.1, -0.05) is 17.7 Å². The average molecular weight is 304 g/mol. The molecular weight excluding hydrogens is 293 g/mol. The molecule has 1 aromatic carbocycles. The van der Waals surface area contributed by atoms with Crippen molar-refractivity contribution in [3.05, 3.63) is 75.5 Å². The number of nitrogens with zero attached hydrogens (tertiary/aromatic N) is 2.